The average Bonchev–Trinajstić information content (AvgIpc) is 3.38. The first-order valence-corrected chi connectivity index (χ1v) is 15.7. The predicted molar refractivity (Wildman–Crippen MR) is 177 cm³/mol. The lowest BCUT2D eigenvalue weighted by Gasteiger charge is -2.15. The molecule has 0 bridgehead atoms. The maximum Gasteiger partial charge on any atom is 0.266 e. The molecule has 0 spiro atoms. The largest absolute Gasteiger partial charge is 0.354 e. The van der Waals surface area contributed by atoms with Crippen LogP contribution in [0.15, 0.2) is 58.3 Å². The van der Waals surface area contributed by atoms with Crippen LogP contribution in [0.1, 0.15) is 35.1 Å². The van der Waals surface area contributed by atoms with Crippen LogP contribution in [-0.4, -0.2) is 68.2 Å². The van der Waals surface area contributed by atoms with Crippen molar-refractivity contribution >= 4 is 92.4 Å². The van der Waals surface area contributed by atoms with E-state index in [4.69, 9.17) is 24.4 Å². The van der Waals surface area contributed by atoms with E-state index in [-0.39, 0.29) is 62.6 Å². The van der Waals surface area contributed by atoms with Crippen LogP contribution in [0.25, 0.3) is 12.2 Å². The summed E-state index contributed by atoms with van der Waals surface area (Å²) in [5.74, 6) is -0.923. The van der Waals surface area contributed by atoms with Crippen LogP contribution in [0, 0.1) is 13.8 Å². The van der Waals surface area contributed by atoms with Crippen molar-refractivity contribution in [1.29, 1.82) is 0 Å². The Hall–Kier alpha value is -3.32. The van der Waals surface area contributed by atoms with Gasteiger partial charge in [0.05, 0.1) is 9.81 Å². The molecule has 2 aromatic rings. The Labute approximate surface area is 264 Å². The molecule has 4 amide bonds. The number of aryl methyl sites for hydroxylation is 2. The molecule has 0 aliphatic carbocycles. The average molecular weight is 639 g/mol. The summed E-state index contributed by atoms with van der Waals surface area (Å²) in [6, 6.07) is 15.7. The van der Waals surface area contributed by atoms with Crippen LogP contribution in [0.5, 0.6) is 0 Å². The van der Waals surface area contributed by atoms with E-state index in [1.165, 1.54) is 33.3 Å². The summed E-state index contributed by atoms with van der Waals surface area (Å²) < 4.78 is 0.844. The number of hydrogen-bond donors (Lipinski definition) is 2. The summed E-state index contributed by atoms with van der Waals surface area (Å²) in [5, 5.41) is 5.48. The fraction of sp³-hybridized carbons (Fsp3) is 0.267. The first kappa shape index (κ1) is 31.6. The lowest BCUT2D eigenvalue weighted by Crippen LogP contribution is -2.38. The molecule has 8 nitrogen and oxygen atoms in total. The highest BCUT2D eigenvalue weighted by Crippen LogP contribution is 2.33. The van der Waals surface area contributed by atoms with E-state index in [0.717, 1.165) is 22.3 Å². The van der Waals surface area contributed by atoms with Gasteiger partial charge in [0.1, 0.15) is 8.64 Å². The van der Waals surface area contributed by atoms with Gasteiger partial charge in [0.15, 0.2) is 0 Å². The number of thiocarbonyl (C=S) groups is 2. The van der Waals surface area contributed by atoms with Crippen molar-refractivity contribution in [3.63, 3.8) is 0 Å². The van der Waals surface area contributed by atoms with Crippen molar-refractivity contribution in [3.8, 4) is 0 Å². The molecule has 2 aromatic carbocycles. The minimum absolute atomic E-state index is 0.0861. The van der Waals surface area contributed by atoms with E-state index in [2.05, 4.69) is 10.6 Å². The molecular weight excluding hydrogens is 609 g/mol. The van der Waals surface area contributed by atoms with Gasteiger partial charge in [0.2, 0.25) is 11.8 Å². The van der Waals surface area contributed by atoms with Crippen molar-refractivity contribution in [2.24, 2.45) is 0 Å². The molecule has 0 atom stereocenters. The van der Waals surface area contributed by atoms with Crippen LogP contribution < -0.4 is 10.6 Å². The fourth-order valence-corrected chi connectivity index (χ4v) is 6.64. The Bertz CT molecular complexity index is 1360. The smallest absolute Gasteiger partial charge is 0.266 e. The molecule has 2 aliphatic rings. The van der Waals surface area contributed by atoms with Gasteiger partial charge >= 0.3 is 0 Å². The number of amides is 4. The second-order valence-electron chi connectivity index (χ2n) is 9.69. The van der Waals surface area contributed by atoms with E-state index in [1.807, 2.05) is 62.4 Å². The van der Waals surface area contributed by atoms with E-state index in [9.17, 15) is 19.2 Å². The molecule has 12 heteroatoms. The van der Waals surface area contributed by atoms with E-state index >= 15 is 0 Å². The van der Waals surface area contributed by atoms with Gasteiger partial charge in [0, 0.05) is 39.0 Å². The molecule has 218 valence electrons. The fourth-order valence-electron chi connectivity index (χ4n) is 4.02. The van der Waals surface area contributed by atoms with Crippen molar-refractivity contribution in [2.45, 2.75) is 26.7 Å². The predicted octanol–water partition coefficient (Wildman–Crippen LogP) is 4.42. The topological polar surface area (TPSA) is 98.8 Å². The lowest BCUT2D eigenvalue weighted by molar-refractivity contribution is -0.126. The second-order valence-corrected chi connectivity index (χ2v) is 13.0. The Morgan fingerprint density at radius 3 is 1.40 bits per heavy atom. The van der Waals surface area contributed by atoms with Gasteiger partial charge in [-0.1, -0.05) is 108 Å². The third-order valence-corrected chi connectivity index (χ3v) is 9.15. The van der Waals surface area contributed by atoms with Gasteiger partial charge < -0.3 is 10.6 Å². The number of thioether (sulfide) groups is 2. The van der Waals surface area contributed by atoms with Crippen LogP contribution in [0.4, 0.5) is 0 Å². The zero-order valence-electron chi connectivity index (χ0n) is 23.2. The molecular formula is C30H30N4O4S4. The Morgan fingerprint density at radius 2 is 1.05 bits per heavy atom. The molecule has 2 saturated heterocycles. The summed E-state index contributed by atoms with van der Waals surface area (Å²) >= 11 is 13.1. The minimum Gasteiger partial charge on any atom is -0.354 e. The van der Waals surface area contributed by atoms with Crippen LogP contribution in [-0.2, 0) is 19.2 Å². The van der Waals surface area contributed by atoms with Crippen molar-refractivity contribution < 1.29 is 19.2 Å². The van der Waals surface area contributed by atoms with Gasteiger partial charge in [-0.3, -0.25) is 29.0 Å². The Balaban J connectivity index is 1.13. The van der Waals surface area contributed by atoms with Crippen molar-refractivity contribution in [2.75, 3.05) is 26.2 Å². The Kier molecular flexibility index (Phi) is 11.1. The highest BCUT2D eigenvalue weighted by molar-refractivity contribution is 8.27. The SMILES string of the molecule is Cc1ccc(/C=C2/SC(=S)N(CCC(=O)NCCNC(=O)CCN3C(=O)/C(=C\c4ccc(C)cc4)SC3=S)C2=O)cc1. The second kappa shape index (κ2) is 14.7. The molecule has 2 N–H and O–H groups in total. The third kappa shape index (κ3) is 8.60. The maximum absolute atomic E-state index is 12.8. The summed E-state index contributed by atoms with van der Waals surface area (Å²) in [4.78, 5) is 54.1. The van der Waals surface area contributed by atoms with E-state index < -0.39 is 0 Å². The van der Waals surface area contributed by atoms with Gasteiger partial charge in [0.25, 0.3) is 11.8 Å². The first-order chi connectivity index (χ1) is 20.1. The van der Waals surface area contributed by atoms with E-state index in [0.29, 0.717) is 18.5 Å². The standard InChI is InChI=1S/C30H30N4O4S4/c1-19-3-7-21(8-4-19)17-23-27(37)33(29(39)41-23)15-11-25(35)31-13-14-32-26(36)12-16-34-28(38)24(42-30(34)40)18-22-9-5-20(2)6-10-22/h3-10,17-18H,11-16H2,1-2H3,(H,31,35)(H,32,36)/b23-17+,24-18+. The zero-order chi connectivity index (χ0) is 30.2. The molecule has 42 heavy (non-hydrogen) atoms. The molecule has 0 radical (unpaired) electrons. The molecule has 2 fully saturated rings. The number of carbonyl (C=O) groups is 4. The first-order valence-electron chi connectivity index (χ1n) is 13.3. The lowest BCUT2D eigenvalue weighted by atomic mass is 10.1. The van der Waals surface area contributed by atoms with E-state index in [1.54, 1.807) is 12.2 Å². The quantitative estimate of drug-likeness (QED) is 0.212. The number of hydrogen-bond acceptors (Lipinski definition) is 8. The Morgan fingerprint density at radius 1 is 0.690 bits per heavy atom. The van der Waals surface area contributed by atoms with Crippen molar-refractivity contribution in [3.05, 3.63) is 80.6 Å². The molecule has 0 aromatic heterocycles. The van der Waals surface area contributed by atoms with Crippen LogP contribution >= 0.6 is 48.0 Å². The summed E-state index contributed by atoms with van der Waals surface area (Å²) in [5.41, 5.74) is 4.09. The summed E-state index contributed by atoms with van der Waals surface area (Å²) in [6.07, 6.45) is 3.77. The van der Waals surface area contributed by atoms with Crippen LogP contribution in [0.2, 0.25) is 0 Å². The van der Waals surface area contributed by atoms with Gasteiger partial charge in [-0.05, 0) is 37.1 Å². The van der Waals surface area contributed by atoms with Gasteiger partial charge in [-0.2, -0.15) is 0 Å². The highest BCUT2D eigenvalue weighted by Gasteiger charge is 2.33. The van der Waals surface area contributed by atoms with Crippen molar-refractivity contribution in [1.82, 2.24) is 20.4 Å². The molecule has 4 rings (SSSR count). The summed E-state index contributed by atoms with van der Waals surface area (Å²) in [7, 11) is 0. The third-order valence-electron chi connectivity index (χ3n) is 6.39. The zero-order valence-corrected chi connectivity index (χ0v) is 26.4. The van der Waals surface area contributed by atoms with Gasteiger partial charge in [-0.15, -0.1) is 0 Å². The number of nitrogens with one attached hydrogen (secondary N) is 2. The number of carbonyl (C=O) groups excluding carboxylic acids is 4. The highest BCUT2D eigenvalue weighted by atomic mass is 32.2. The molecule has 0 saturated carbocycles. The molecule has 2 aliphatic heterocycles. The normalized spacial score (nSPS) is 17.1. The number of benzene rings is 2. The van der Waals surface area contributed by atoms with Crippen LogP contribution in [0.3, 0.4) is 0 Å². The molecule has 2 heterocycles. The number of rotatable bonds is 11. The summed E-state index contributed by atoms with van der Waals surface area (Å²) in [6.45, 7) is 4.81. The monoisotopic (exact) mass is 638 g/mol. The molecule has 0 unspecified atom stereocenters. The maximum atomic E-state index is 12.8. The minimum atomic E-state index is -0.251. The van der Waals surface area contributed by atoms with Gasteiger partial charge in [-0.25, -0.2) is 0 Å². The number of nitrogens with zero attached hydrogens (tertiary/aromatic N) is 2.